The first-order valence-electron chi connectivity index (χ1n) is 6.58. The molecule has 0 aromatic carbocycles. The fourth-order valence-corrected chi connectivity index (χ4v) is 3.10. The van der Waals surface area contributed by atoms with Crippen LogP contribution in [0.4, 0.5) is 0 Å². The zero-order valence-electron chi connectivity index (χ0n) is 11.4. The molecule has 0 spiro atoms. The molecule has 1 atom stereocenters. The number of rotatable bonds is 3. The predicted molar refractivity (Wildman–Crippen MR) is 76.5 cm³/mol. The number of carbonyl (C=O) groups excluding carboxylic acids is 1. The predicted octanol–water partition coefficient (Wildman–Crippen LogP) is 1.54. The van der Waals surface area contributed by atoms with Gasteiger partial charge in [0.25, 0.3) is 0 Å². The second kappa shape index (κ2) is 5.76. The number of aromatic nitrogens is 2. The summed E-state index contributed by atoms with van der Waals surface area (Å²) in [4.78, 5) is 14.3. The summed E-state index contributed by atoms with van der Waals surface area (Å²) < 4.78 is 7.38. The zero-order valence-corrected chi connectivity index (χ0v) is 12.2. The molecule has 1 aliphatic rings. The van der Waals surface area contributed by atoms with Gasteiger partial charge in [0.2, 0.25) is 5.91 Å². The molecule has 5 nitrogen and oxygen atoms in total. The Hall–Kier alpha value is -1.66. The molecule has 0 saturated heterocycles. The van der Waals surface area contributed by atoms with Crippen LogP contribution in [0.1, 0.15) is 11.3 Å². The number of fused-ring (bicyclic) bond motifs is 1. The van der Waals surface area contributed by atoms with Crippen LogP contribution in [0.2, 0.25) is 0 Å². The average molecular weight is 291 g/mol. The van der Waals surface area contributed by atoms with Crippen LogP contribution in [-0.2, 0) is 29.0 Å². The first-order valence-corrected chi connectivity index (χ1v) is 7.53. The van der Waals surface area contributed by atoms with Crippen molar-refractivity contribution in [1.82, 2.24) is 14.7 Å². The van der Waals surface area contributed by atoms with Gasteiger partial charge in [-0.2, -0.15) is 16.4 Å². The molecule has 0 bridgehead atoms. The highest BCUT2D eigenvalue weighted by Gasteiger charge is 2.25. The lowest BCUT2D eigenvalue weighted by Gasteiger charge is -2.23. The van der Waals surface area contributed by atoms with E-state index in [0.29, 0.717) is 26.1 Å². The van der Waals surface area contributed by atoms with Gasteiger partial charge in [-0.05, 0) is 28.5 Å². The van der Waals surface area contributed by atoms with E-state index in [0.717, 1.165) is 11.3 Å². The summed E-state index contributed by atoms with van der Waals surface area (Å²) in [5.74, 6) is 0.139. The average Bonchev–Trinajstić information content (AvgIpc) is 3.06. The molecule has 3 heterocycles. The van der Waals surface area contributed by atoms with Crippen LogP contribution in [0.5, 0.6) is 0 Å². The van der Waals surface area contributed by atoms with Gasteiger partial charge in [0.15, 0.2) is 0 Å². The van der Waals surface area contributed by atoms with Gasteiger partial charge in [-0.25, -0.2) is 0 Å². The van der Waals surface area contributed by atoms with E-state index in [1.807, 2.05) is 32.5 Å². The molecular formula is C14H17N3O2S. The summed E-state index contributed by atoms with van der Waals surface area (Å²) in [5, 5.41) is 8.30. The van der Waals surface area contributed by atoms with E-state index in [2.05, 4.69) is 5.10 Å². The quantitative estimate of drug-likeness (QED) is 0.862. The van der Waals surface area contributed by atoms with Crippen LogP contribution in [0.15, 0.2) is 29.1 Å². The Labute approximate surface area is 121 Å². The van der Waals surface area contributed by atoms with Crippen molar-refractivity contribution in [3.63, 3.8) is 0 Å². The summed E-state index contributed by atoms with van der Waals surface area (Å²) in [7, 11) is 1.68. The van der Waals surface area contributed by atoms with E-state index in [9.17, 15) is 4.79 Å². The van der Waals surface area contributed by atoms with E-state index in [1.54, 1.807) is 24.6 Å². The smallest absolute Gasteiger partial charge is 0.227 e. The van der Waals surface area contributed by atoms with Gasteiger partial charge < -0.3 is 9.64 Å². The van der Waals surface area contributed by atoms with Crippen LogP contribution in [0.25, 0.3) is 0 Å². The Morgan fingerprint density at radius 1 is 1.50 bits per heavy atom. The lowest BCUT2D eigenvalue weighted by atomic mass is 10.2. The number of nitrogens with zero attached hydrogens (tertiary/aromatic N) is 3. The lowest BCUT2D eigenvalue weighted by molar-refractivity contribution is -0.132. The highest BCUT2D eigenvalue weighted by atomic mass is 32.1. The van der Waals surface area contributed by atoms with Crippen molar-refractivity contribution in [3.05, 3.63) is 40.3 Å². The number of hydrogen-bond acceptors (Lipinski definition) is 4. The second-order valence-electron chi connectivity index (χ2n) is 4.95. The Balaban J connectivity index is 1.76. The summed E-state index contributed by atoms with van der Waals surface area (Å²) in [6, 6.07) is 3.96. The standard InChI is InChI=1S/C14H17N3O2S/c1-19-13-8-16(7-12-2-4-15-17(12)9-13)14(18)6-11-3-5-20-10-11/h2-5,10,13H,6-9H2,1H3/t13-/m0/s1. The summed E-state index contributed by atoms with van der Waals surface area (Å²) >= 11 is 1.62. The van der Waals surface area contributed by atoms with Gasteiger partial charge in [0.05, 0.1) is 31.3 Å². The van der Waals surface area contributed by atoms with Crippen molar-refractivity contribution < 1.29 is 9.53 Å². The molecule has 106 valence electrons. The number of methoxy groups -OCH3 is 1. The van der Waals surface area contributed by atoms with E-state index in [1.165, 1.54) is 0 Å². The number of amides is 1. The van der Waals surface area contributed by atoms with Crippen LogP contribution in [0, 0.1) is 0 Å². The number of hydrogen-bond donors (Lipinski definition) is 0. The molecule has 6 heteroatoms. The Kier molecular flexibility index (Phi) is 3.84. The first-order chi connectivity index (χ1) is 9.76. The third kappa shape index (κ3) is 2.76. The largest absolute Gasteiger partial charge is 0.378 e. The monoisotopic (exact) mass is 291 g/mol. The Bertz CT molecular complexity index is 579. The van der Waals surface area contributed by atoms with Gasteiger partial charge in [0.1, 0.15) is 0 Å². The molecule has 0 saturated carbocycles. The van der Waals surface area contributed by atoms with Crippen LogP contribution in [-0.4, -0.2) is 40.3 Å². The van der Waals surface area contributed by atoms with Crippen molar-refractivity contribution in [2.75, 3.05) is 13.7 Å². The minimum atomic E-state index is -0.0115. The third-order valence-electron chi connectivity index (χ3n) is 3.58. The van der Waals surface area contributed by atoms with Crippen molar-refractivity contribution in [3.8, 4) is 0 Å². The second-order valence-corrected chi connectivity index (χ2v) is 5.73. The summed E-state index contributed by atoms with van der Waals surface area (Å²) in [6.45, 7) is 1.91. The minimum absolute atomic E-state index is 0.0115. The van der Waals surface area contributed by atoms with Crippen molar-refractivity contribution >= 4 is 17.2 Å². The highest BCUT2D eigenvalue weighted by Crippen LogP contribution is 2.15. The van der Waals surface area contributed by atoms with E-state index >= 15 is 0 Å². The van der Waals surface area contributed by atoms with Crippen molar-refractivity contribution in [1.29, 1.82) is 0 Å². The third-order valence-corrected chi connectivity index (χ3v) is 4.31. The molecule has 0 unspecified atom stereocenters. The number of carbonyl (C=O) groups is 1. The SMILES string of the molecule is CO[C@H]1CN(C(=O)Cc2ccsc2)Cc2ccnn2C1. The summed E-state index contributed by atoms with van der Waals surface area (Å²) in [5.41, 5.74) is 2.13. The van der Waals surface area contributed by atoms with Gasteiger partial charge >= 0.3 is 0 Å². The van der Waals surface area contributed by atoms with Gasteiger partial charge in [0, 0.05) is 19.9 Å². The van der Waals surface area contributed by atoms with Crippen molar-refractivity contribution in [2.24, 2.45) is 0 Å². The molecule has 20 heavy (non-hydrogen) atoms. The van der Waals surface area contributed by atoms with Crippen molar-refractivity contribution in [2.45, 2.75) is 25.6 Å². The molecule has 0 fully saturated rings. The molecule has 2 aromatic heterocycles. The molecular weight excluding hydrogens is 274 g/mol. The maximum absolute atomic E-state index is 12.5. The number of ether oxygens (including phenoxy) is 1. The Morgan fingerprint density at radius 2 is 2.40 bits per heavy atom. The summed E-state index contributed by atoms with van der Waals surface area (Å²) in [6.07, 6.45) is 2.21. The van der Waals surface area contributed by atoms with E-state index in [-0.39, 0.29) is 12.0 Å². The molecule has 1 amide bonds. The Morgan fingerprint density at radius 3 is 3.15 bits per heavy atom. The zero-order chi connectivity index (χ0) is 13.9. The highest BCUT2D eigenvalue weighted by molar-refractivity contribution is 7.07. The minimum Gasteiger partial charge on any atom is -0.378 e. The topological polar surface area (TPSA) is 47.4 Å². The fourth-order valence-electron chi connectivity index (χ4n) is 2.43. The van der Waals surface area contributed by atoms with E-state index < -0.39 is 0 Å². The van der Waals surface area contributed by atoms with Gasteiger partial charge in [-0.1, -0.05) is 0 Å². The fraction of sp³-hybridized carbons (Fsp3) is 0.429. The van der Waals surface area contributed by atoms with Gasteiger partial charge in [-0.3, -0.25) is 9.48 Å². The van der Waals surface area contributed by atoms with E-state index in [4.69, 9.17) is 4.74 Å². The number of thiophene rings is 1. The van der Waals surface area contributed by atoms with Gasteiger partial charge in [-0.15, -0.1) is 0 Å². The molecule has 0 N–H and O–H groups in total. The molecule has 1 aliphatic heterocycles. The van der Waals surface area contributed by atoms with Crippen LogP contribution >= 0.6 is 11.3 Å². The first kappa shape index (κ1) is 13.3. The normalized spacial score (nSPS) is 18.6. The van der Waals surface area contributed by atoms with Crippen LogP contribution < -0.4 is 0 Å². The maximum atomic E-state index is 12.5. The molecule has 0 aliphatic carbocycles. The molecule has 3 rings (SSSR count). The maximum Gasteiger partial charge on any atom is 0.227 e. The lowest BCUT2D eigenvalue weighted by Crippen LogP contribution is -2.37. The van der Waals surface area contributed by atoms with Crippen LogP contribution in [0.3, 0.4) is 0 Å². The molecule has 0 radical (unpaired) electrons. The molecule has 2 aromatic rings.